The van der Waals surface area contributed by atoms with E-state index >= 15 is 0 Å². The summed E-state index contributed by atoms with van der Waals surface area (Å²) in [4.78, 5) is 3.17. The molecule has 2 aromatic rings. The van der Waals surface area contributed by atoms with Crippen LogP contribution in [0, 0.1) is 0 Å². The molecule has 0 saturated carbocycles. The average Bonchev–Trinajstić information content (AvgIpc) is 2.39. The fourth-order valence-electron chi connectivity index (χ4n) is 1.67. The van der Waals surface area contributed by atoms with E-state index in [1.54, 1.807) is 7.11 Å². The molecule has 0 aliphatic carbocycles. The molecule has 0 unspecified atom stereocenters. The van der Waals surface area contributed by atoms with Crippen LogP contribution in [0.5, 0.6) is 0 Å². The number of methoxy groups -OCH3 is 1. The van der Waals surface area contributed by atoms with Gasteiger partial charge >= 0.3 is 0 Å². The summed E-state index contributed by atoms with van der Waals surface area (Å²) in [6.07, 6.45) is 6.08. The molecule has 0 atom stereocenters. The maximum absolute atomic E-state index is 5.18. The van der Waals surface area contributed by atoms with Gasteiger partial charge in [0, 0.05) is 25.3 Å². The minimum atomic E-state index is 0.638. The van der Waals surface area contributed by atoms with Gasteiger partial charge in [-0.2, -0.15) is 0 Å². The Morgan fingerprint density at radius 3 is 2.65 bits per heavy atom. The number of aromatic amines is 1. The highest BCUT2D eigenvalue weighted by molar-refractivity contribution is 5.68. The third-order valence-electron chi connectivity index (χ3n) is 2.53. The third kappa shape index (κ3) is 3.26. The van der Waals surface area contributed by atoms with Gasteiger partial charge in [-0.15, -0.1) is 0 Å². The summed E-state index contributed by atoms with van der Waals surface area (Å²) in [7, 11) is 1.71. The van der Waals surface area contributed by atoms with Crippen molar-refractivity contribution in [3.8, 4) is 0 Å². The van der Waals surface area contributed by atoms with E-state index in [1.807, 2.05) is 36.5 Å². The Balaban J connectivity index is 2.21. The van der Waals surface area contributed by atoms with Crippen LogP contribution in [0.3, 0.4) is 0 Å². The first-order valence-corrected chi connectivity index (χ1v) is 5.62. The van der Waals surface area contributed by atoms with Crippen molar-refractivity contribution >= 4 is 12.2 Å². The molecule has 0 saturated heterocycles. The van der Waals surface area contributed by atoms with Gasteiger partial charge in [0.1, 0.15) is 0 Å². The lowest BCUT2D eigenvalue weighted by molar-refractivity contribution is -0.380. The van der Waals surface area contributed by atoms with E-state index in [2.05, 4.69) is 29.3 Å². The topological polar surface area (TPSA) is 23.4 Å². The molecule has 0 fully saturated rings. The Labute approximate surface area is 102 Å². The van der Waals surface area contributed by atoms with Crippen molar-refractivity contribution in [2.45, 2.75) is 6.61 Å². The lowest BCUT2D eigenvalue weighted by Crippen LogP contribution is -2.03. The molecule has 86 valence electrons. The molecule has 2 rings (SSSR count). The fourth-order valence-corrected chi connectivity index (χ4v) is 1.67. The maximum atomic E-state index is 5.18. The van der Waals surface area contributed by atoms with E-state index < -0.39 is 0 Å². The first-order chi connectivity index (χ1) is 8.40. The van der Waals surface area contributed by atoms with Crippen molar-refractivity contribution < 1.29 is 9.72 Å². The summed E-state index contributed by atoms with van der Waals surface area (Å²) in [6.45, 7) is 0.638. The van der Waals surface area contributed by atoms with Crippen LogP contribution >= 0.6 is 0 Å². The van der Waals surface area contributed by atoms with Crippen LogP contribution < -0.4 is 4.98 Å². The monoisotopic (exact) mass is 226 g/mol. The van der Waals surface area contributed by atoms with Gasteiger partial charge in [0.25, 0.3) is 0 Å². The molecule has 0 bridgehead atoms. The summed E-state index contributed by atoms with van der Waals surface area (Å²) in [6, 6.07) is 14.3. The van der Waals surface area contributed by atoms with Crippen LogP contribution in [0.25, 0.3) is 12.2 Å². The fraction of sp³-hybridized carbons (Fsp3) is 0.133. The highest BCUT2D eigenvalue weighted by Gasteiger charge is 1.98. The Morgan fingerprint density at radius 2 is 1.88 bits per heavy atom. The molecule has 17 heavy (non-hydrogen) atoms. The molecule has 2 nitrogen and oxygen atoms in total. The summed E-state index contributed by atoms with van der Waals surface area (Å²) in [5.74, 6) is 0. The number of hydrogen-bond donors (Lipinski definition) is 0. The van der Waals surface area contributed by atoms with Crippen LogP contribution in [-0.4, -0.2) is 7.11 Å². The molecule has 1 aromatic heterocycles. The molecule has 0 aliphatic heterocycles. The van der Waals surface area contributed by atoms with E-state index in [9.17, 15) is 0 Å². The summed E-state index contributed by atoms with van der Waals surface area (Å²) >= 11 is 0. The minimum absolute atomic E-state index is 0.638. The van der Waals surface area contributed by atoms with E-state index in [0.717, 1.165) is 5.69 Å². The number of ether oxygens (including phenoxy) is 1. The second kappa shape index (κ2) is 5.97. The zero-order valence-corrected chi connectivity index (χ0v) is 9.89. The number of nitrogens with one attached hydrogen (secondary N) is 1. The predicted molar refractivity (Wildman–Crippen MR) is 69.1 cm³/mol. The first kappa shape index (κ1) is 11.6. The van der Waals surface area contributed by atoms with Gasteiger partial charge in [-0.05, 0) is 23.3 Å². The van der Waals surface area contributed by atoms with E-state index in [4.69, 9.17) is 4.74 Å². The van der Waals surface area contributed by atoms with Crippen molar-refractivity contribution in [1.82, 2.24) is 0 Å². The standard InChI is InChI=1S/C15H15NO/c1-17-12-14-7-3-2-6-13(14)9-10-15-8-4-5-11-16-15/h2-11H,12H2,1H3/p+1/b10-9+. The summed E-state index contributed by atoms with van der Waals surface area (Å²) < 4.78 is 5.18. The number of H-pyrrole nitrogens is 1. The number of benzene rings is 1. The molecular weight excluding hydrogens is 210 g/mol. The van der Waals surface area contributed by atoms with Gasteiger partial charge in [-0.1, -0.05) is 24.3 Å². The summed E-state index contributed by atoms with van der Waals surface area (Å²) in [5, 5.41) is 0. The zero-order valence-electron chi connectivity index (χ0n) is 9.89. The van der Waals surface area contributed by atoms with Crippen molar-refractivity contribution in [2.75, 3.05) is 7.11 Å². The van der Waals surface area contributed by atoms with Crippen LogP contribution in [0.15, 0.2) is 48.7 Å². The Bertz CT molecular complexity index is 491. The highest BCUT2D eigenvalue weighted by Crippen LogP contribution is 2.12. The number of hydrogen-bond acceptors (Lipinski definition) is 1. The quantitative estimate of drug-likeness (QED) is 0.786. The maximum Gasteiger partial charge on any atom is 0.203 e. The molecule has 1 heterocycles. The van der Waals surface area contributed by atoms with E-state index in [0.29, 0.717) is 6.61 Å². The van der Waals surface area contributed by atoms with Gasteiger partial charge in [0.15, 0.2) is 6.20 Å². The van der Waals surface area contributed by atoms with E-state index in [1.165, 1.54) is 11.1 Å². The van der Waals surface area contributed by atoms with Crippen LogP contribution in [-0.2, 0) is 11.3 Å². The van der Waals surface area contributed by atoms with Gasteiger partial charge in [0.05, 0.1) is 6.61 Å². The van der Waals surface area contributed by atoms with Gasteiger partial charge in [-0.25, -0.2) is 4.98 Å². The van der Waals surface area contributed by atoms with Crippen molar-refractivity contribution in [3.63, 3.8) is 0 Å². The summed E-state index contributed by atoms with van der Waals surface area (Å²) in [5.41, 5.74) is 3.47. The van der Waals surface area contributed by atoms with Crippen molar-refractivity contribution in [2.24, 2.45) is 0 Å². The van der Waals surface area contributed by atoms with Crippen LogP contribution in [0.4, 0.5) is 0 Å². The molecule has 0 aliphatic rings. The van der Waals surface area contributed by atoms with Crippen LogP contribution in [0.2, 0.25) is 0 Å². The van der Waals surface area contributed by atoms with Crippen molar-refractivity contribution in [1.29, 1.82) is 0 Å². The number of rotatable bonds is 4. The van der Waals surface area contributed by atoms with Crippen LogP contribution in [0.1, 0.15) is 16.8 Å². The molecule has 0 radical (unpaired) electrons. The van der Waals surface area contributed by atoms with Crippen molar-refractivity contribution in [3.05, 3.63) is 65.5 Å². The molecule has 0 amide bonds. The van der Waals surface area contributed by atoms with Gasteiger partial charge in [0.2, 0.25) is 5.69 Å². The Hall–Kier alpha value is -1.93. The first-order valence-electron chi connectivity index (χ1n) is 5.62. The Kier molecular flexibility index (Phi) is 4.05. The normalized spacial score (nSPS) is 10.9. The molecule has 2 heteroatoms. The smallest absolute Gasteiger partial charge is 0.203 e. The highest BCUT2D eigenvalue weighted by atomic mass is 16.5. The average molecular weight is 226 g/mol. The zero-order chi connectivity index (χ0) is 11.9. The molecule has 1 N–H and O–H groups in total. The number of pyridine rings is 1. The molecular formula is C15H16NO+. The third-order valence-corrected chi connectivity index (χ3v) is 2.53. The minimum Gasteiger partial charge on any atom is -0.380 e. The Morgan fingerprint density at radius 1 is 1.06 bits per heavy atom. The predicted octanol–water partition coefficient (Wildman–Crippen LogP) is 2.82. The van der Waals surface area contributed by atoms with Gasteiger partial charge < -0.3 is 4.74 Å². The second-order valence-corrected chi connectivity index (χ2v) is 3.78. The SMILES string of the molecule is COCc1ccccc1/C=C/c1cccc[nH+]1. The lowest BCUT2D eigenvalue weighted by Gasteiger charge is -2.03. The molecule has 1 aromatic carbocycles. The lowest BCUT2D eigenvalue weighted by atomic mass is 10.1. The largest absolute Gasteiger partial charge is 0.380 e. The second-order valence-electron chi connectivity index (χ2n) is 3.78. The number of aromatic nitrogens is 1. The molecule has 0 spiro atoms. The van der Waals surface area contributed by atoms with Gasteiger partial charge in [-0.3, -0.25) is 0 Å². The van der Waals surface area contributed by atoms with E-state index in [-0.39, 0.29) is 0 Å².